The summed E-state index contributed by atoms with van der Waals surface area (Å²) < 4.78 is 5.84. The molecule has 0 radical (unpaired) electrons. The first-order chi connectivity index (χ1) is 12.1. The van der Waals surface area contributed by atoms with Crippen molar-refractivity contribution in [3.63, 3.8) is 0 Å². The van der Waals surface area contributed by atoms with Crippen LogP contribution in [-0.2, 0) is 0 Å². The zero-order chi connectivity index (χ0) is 17.1. The lowest BCUT2D eigenvalue weighted by molar-refractivity contribution is 0.0660. The van der Waals surface area contributed by atoms with Gasteiger partial charge in [0.15, 0.2) is 11.6 Å². The minimum atomic E-state index is -0.116. The lowest BCUT2D eigenvalue weighted by Crippen LogP contribution is -2.40. The number of fused-ring (bicyclic) bond motifs is 6. The first-order valence-corrected chi connectivity index (χ1v) is 9.16. The molecule has 3 aliphatic carbocycles. The monoisotopic (exact) mass is 352 g/mol. The summed E-state index contributed by atoms with van der Waals surface area (Å²) in [6.07, 6.45) is 3.20. The van der Waals surface area contributed by atoms with Crippen molar-refractivity contribution in [2.75, 3.05) is 0 Å². The Morgan fingerprint density at radius 3 is 2.28 bits per heavy atom. The number of para-hydroxylation sites is 1. The standard InChI is InChI=1S/C21H17ClO3/c22-16-3-1-2-4-17(16)25-13-7-8-14-15(10-13)21(24)19-12-6-5-11(9-12)18(19)20(14)23/h1-4,7-8,10-12,18-19H,5-6,9H2. The number of ether oxygens (including phenoxy) is 1. The number of halogens is 1. The molecule has 4 atom stereocenters. The van der Waals surface area contributed by atoms with Gasteiger partial charge in [-0.2, -0.15) is 0 Å². The summed E-state index contributed by atoms with van der Waals surface area (Å²) in [5, 5.41) is 0.510. The number of carbonyl (C=O) groups is 2. The number of carbonyl (C=O) groups excluding carboxylic acids is 2. The van der Waals surface area contributed by atoms with Crippen LogP contribution in [0.15, 0.2) is 42.5 Å². The van der Waals surface area contributed by atoms with Crippen molar-refractivity contribution in [3.8, 4) is 11.5 Å². The molecule has 2 saturated carbocycles. The maximum atomic E-state index is 13.1. The summed E-state index contributed by atoms with van der Waals surface area (Å²) in [5.41, 5.74) is 1.08. The van der Waals surface area contributed by atoms with Crippen LogP contribution in [0, 0.1) is 23.7 Å². The summed E-state index contributed by atoms with van der Waals surface area (Å²) in [6.45, 7) is 0. The van der Waals surface area contributed by atoms with Gasteiger partial charge in [0.2, 0.25) is 0 Å². The van der Waals surface area contributed by atoms with Gasteiger partial charge < -0.3 is 4.74 Å². The van der Waals surface area contributed by atoms with Crippen molar-refractivity contribution in [2.45, 2.75) is 19.3 Å². The second-order valence-corrected chi connectivity index (χ2v) is 7.76. The van der Waals surface area contributed by atoms with E-state index in [1.165, 1.54) is 0 Å². The quantitative estimate of drug-likeness (QED) is 0.748. The average molecular weight is 353 g/mol. The van der Waals surface area contributed by atoms with E-state index in [1.807, 2.05) is 12.1 Å². The van der Waals surface area contributed by atoms with Crippen LogP contribution >= 0.6 is 11.6 Å². The molecule has 0 N–H and O–H groups in total. The minimum absolute atomic E-state index is 0.0888. The Morgan fingerprint density at radius 1 is 0.880 bits per heavy atom. The molecule has 3 aliphatic rings. The van der Waals surface area contributed by atoms with Gasteiger partial charge in [-0.25, -0.2) is 0 Å². The first-order valence-electron chi connectivity index (χ1n) is 8.78. The molecular formula is C21H17ClO3. The van der Waals surface area contributed by atoms with Gasteiger partial charge in [0, 0.05) is 23.0 Å². The molecule has 126 valence electrons. The Bertz CT molecular complexity index is 904. The molecule has 3 nitrogen and oxygen atoms in total. The fourth-order valence-electron chi connectivity index (χ4n) is 5.06. The predicted octanol–water partition coefficient (Wildman–Crippen LogP) is 5.17. The van der Waals surface area contributed by atoms with Crippen LogP contribution < -0.4 is 4.74 Å². The molecule has 0 heterocycles. The smallest absolute Gasteiger partial charge is 0.167 e. The van der Waals surface area contributed by atoms with Crippen molar-refractivity contribution < 1.29 is 14.3 Å². The molecule has 0 aromatic heterocycles. The van der Waals surface area contributed by atoms with Gasteiger partial charge in [-0.05, 0) is 61.4 Å². The van der Waals surface area contributed by atoms with Crippen molar-refractivity contribution in [3.05, 3.63) is 58.6 Å². The summed E-state index contributed by atoms with van der Waals surface area (Å²) >= 11 is 6.14. The largest absolute Gasteiger partial charge is 0.456 e. The van der Waals surface area contributed by atoms with Gasteiger partial charge in [0.1, 0.15) is 11.5 Å². The highest BCUT2D eigenvalue weighted by Crippen LogP contribution is 2.56. The summed E-state index contributed by atoms with van der Waals surface area (Å²) in [5.74, 6) is 1.92. The van der Waals surface area contributed by atoms with Crippen LogP contribution in [0.25, 0.3) is 0 Å². The Hall–Kier alpha value is -2.13. The highest BCUT2D eigenvalue weighted by molar-refractivity contribution is 6.32. The van der Waals surface area contributed by atoms with Gasteiger partial charge in [-0.1, -0.05) is 23.7 Å². The molecule has 4 unspecified atom stereocenters. The Kier molecular flexibility index (Phi) is 3.29. The number of rotatable bonds is 2. The van der Waals surface area contributed by atoms with E-state index < -0.39 is 0 Å². The Labute approximate surface area is 150 Å². The molecular weight excluding hydrogens is 336 g/mol. The van der Waals surface area contributed by atoms with E-state index >= 15 is 0 Å². The lowest BCUT2D eigenvalue weighted by atomic mass is 9.67. The zero-order valence-corrected chi connectivity index (χ0v) is 14.3. The minimum Gasteiger partial charge on any atom is -0.456 e. The van der Waals surface area contributed by atoms with Gasteiger partial charge >= 0.3 is 0 Å². The number of ketones is 2. The molecule has 25 heavy (non-hydrogen) atoms. The van der Waals surface area contributed by atoms with Crippen molar-refractivity contribution in [2.24, 2.45) is 23.7 Å². The van der Waals surface area contributed by atoms with Crippen LogP contribution in [0.5, 0.6) is 11.5 Å². The number of hydrogen-bond donors (Lipinski definition) is 0. The lowest BCUT2D eigenvalue weighted by Gasteiger charge is -2.33. The molecule has 2 aromatic rings. The molecule has 2 bridgehead atoms. The Balaban J connectivity index is 1.53. The molecule has 0 amide bonds. The van der Waals surface area contributed by atoms with Crippen molar-refractivity contribution in [1.82, 2.24) is 0 Å². The third kappa shape index (κ3) is 2.18. The zero-order valence-electron chi connectivity index (χ0n) is 13.6. The van der Waals surface area contributed by atoms with Gasteiger partial charge in [0.25, 0.3) is 0 Å². The van der Waals surface area contributed by atoms with Crippen LogP contribution in [0.4, 0.5) is 0 Å². The van der Waals surface area contributed by atoms with E-state index in [2.05, 4.69) is 0 Å². The fraction of sp³-hybridized carbons (Fsp3) is 0.333. The third-order valence-electron chi connectivity index (χ3n) is 6.11. The summed E-state index contributed by atoms with van der Waals surface area (Å²) in [6, 6.07) is 12.4. The van der Waals surface area contributed by atoms with Gasteiger partial charge in [-0.3, -0.25) is 9.59 Å². The molecule has 2 aromatic carbocycles. The van der Waals surface area contributed by atoms with E-state index in [9.17, 15) is 9.59 Å². The fourth-order valence-corrected chi connectivity index (χ4v) is 5.24. The highest BCUT2D eigenvalue weighted by atomic mass is 35.5. The topological polar surface area (TPSA) is 43.4 Å². The maximum Gasteiger partial charge on any atom is 0.167 e. The second kappa shape index (κ2) is 5.43. The summed E-state index contributed by atoms with van der Waals surface area (Å²) in [4.78, 5) is 26.0. The normalized spacial score (nSPS) is 29.5. The number of hydrogen-bond acceptors (Lipinski definition) is 3. The van der Waals surface area contributed by atoms with Crippen LogP contribution in [0.3, 0.4) is 0 Å². The molecule has 0 spiro atoms. The van der Waals surface area contributed by atoms with E-state index in [4.69, 9.17) is 16.3 Å². The first kappa shape index (κ1) is 15.2. The molecule has 5 rings (SSSR count). The van der Waals surface area contributed by atoms with E-state index in [0.717, 1.165) is 19.3 Å². The van der Waals surface area contributed by atoms with Crippen LogP contribution in [0.2, 0.25) is 5.02 Å². The summed E-state index contributed by atoms with van der Waals surface area (Å²) in [7, 11) is 0. The second-order valence-electron chi connectivity index (χ2n) is 7.35. The van der Waals surface area contributed by atoms with E-state index in [0.29, 0.717) is 39.5 Å². The van der Waals surface area contributed by atoms with E-state index in [1.54, 1.807) is 30.3 Å². The molecule has 4 heteroatoms. The van der Waals surface area contributed by atoms with Gasteiger partial charge in [0.05, 0.1) is 5.02 Å². The molecule has 2 fully saturated rings. The molecule has 0 aliphatic heterocycles. The predicted molar refractivity (Wildman–Crippen MR) is 94.4 cm³/mol. The van der Waals surface area contributed by atoms with Crippen molar-refractivity contribution >= 4 is 23.2 Å². The maximum absolute atomic E-state index is 13.1. The Morgan fingerprint density at radius 2 is 1.56 bits per heavy atom. The van der Waals surface area contributed by atoms with Crippen LogP contribution in [0.1, 0.15) is 40.0 Å². The van der Waals surface area contributed by atoms with Gasteiger partial charge in [-0.15, -0.1) is 0 Å². The number of Topliss-reactive ketones (excluding diaryl/α,β-unsaturated/α-hetero) is 2. The highest BCUT2D eigenvalue weighted by Gasteiger charge is 2.56. The molecule has 0 saturated heterocycles. The van der Waals surface area contributed by atoms with E-state index in [-0.39, 0.29) is 23.4 Å². The van der Waals surface area contributed by atoms with Crippen molar-refractivity contribution in [1.29, 1.82) is 0 Å². The number of benzene rings is 2. The third-order valence-corrected chi connectivity index (χ3v) is 6.42. The van der Waals surface area contributed by atoms with Crippen LogP contribution in [-0.4, -0.2) is 11.6 Å². The average Bonchev–Trinajstić information content (AvgIpc) is 3.23. The SMILES string of the molecule is O=C1c2ccc(Oc3ccccc3Cl)cc2C(=O)C2C3CCC(C3)C12.